The number of aromatic nitrogens is 2. The van der Waals surface area contributed by atoms with Crippen LogP contribution in [0.25, 0.3) is 10.2 Å². The van der Waals surface area contributed by atoms with Gasteiger partial charge in [0.25, 0.3) is 5.91 Å². The predicted molar refractivity (Wildman–Crippen MR) is 115 cm³/mol. The first kappa shape index (κ1) is 20.9. The van der Waals surface area contributed by atoms with Gasteiger partial charge in [-0.15, -0.1) is 22.7 Å². The average Bonchev–Trinajstić information content (AvgIpc) is 3.35. The number of pyridine rings is 1. The van der Waals surface area contributed by atoms with E-state index in [1.165, 1.54) is 22.7 Å². The fourth-order valence-electron chi connectivity index (χ4n) is 3.50. The summed E-state index contributed by atoms with van der Waals surface area (Å²) in [4.78, 5) is 37.3. The molecule has 0 aromatic carbocycles. The molecule has 3 aromatic heterocycles. The quantitative estimate of drug-likeness (QED) is 0.600. The van der Waals surface area contributed by atoms with E-state index >= 15 is 0 Å². The van der Waals surface area contributed by atoms with Gasteiger partial charge in [0.2, 0.25) is 5.91 Å². The summed E-state index contributed by atoms with van der Waals surface area (Å²) >= 11 is 2.82. The van der Waals surface area contributed by atoms with Crippen LogP contribution in [-0.4, -0.2) is 64.6 Å². The van der Waals surface area contributed by atoms with Gasteiger partial charge in [-0.25, -0.2) is 9.97 Å². The minimum absolute atomic E-state index is 0.00228. The van der Waals surface area contributed by atoms with Crippen molar-refractivity contribution in [3.63, 3.8) is 0 Å². The highest BCUT2D eigenvalue weighted by Gasteiger charge is 2.31. The molecule has 0 radical (unpaired) electrons. The maximum absolute atomic E-state index is 12.8. The van der Waals surface area contributed by atoms with Crippen LogP contribution in [0.5, 0.6) is 0 Å². The number of carbonyl (C=O) groups is 2. The van der Waals surface area contributed by atoms with Gasteiger partial charge in [-0.1, -0.05) is 6.07 Å². The molecule has 30 heavy (non-hydrogen) atoms. The first-order valence-corrected chi connectivity index (χ1v) is 11.3. The summed E-state index contributed by atoms with van der Waals surface area (Å²) in [6, 6.07) is 3.74. The molecule has 8 nitrogen and oxygen atoms in total. The van der Waals surface area contributed by atoms with Crippen LogP contribution in [0, 0.1) is 6.92 Å². The molecule has 2 amide bonds. The second-order valence-electron chi connectivity index (χ2n) is 6.91. The van der Waals surface area contributed by atoms with E-state index in [-0.39, 0.29) is 31.4 Å². The Balaban J connectivity index is 1.59. The minimum Gasteiger partial charge on any atom is -0.395 e. The number of aliphatic hydroxyl groups is 1. The Morgan fingerprint density at radius 3 is 3.07 bits per heavy atom. The molecule has 0 spiro atoms. The first-order chi connectivity index (χ1) is 14.6. The molecule has 1 unspecified atom stereocenters. The smallest absolute Gasteiger partial charge is 0.261 e. The van der Waals surface area contributed by atoms with E-state index in [4.69, 9.17) is 9.84 Å². The highest BCUT2D eigenvalue weighted by Crippen LogP contribution is 2.37. The summed E-state index contributed by atoms with van der Waals surface area (Å²) in [6.07, 6.45) is 1.52. The number of nitrogens with one attached hydrogen (secondary N) is 1. The monoisotopic (exact) mass is 446 g/mol. The predicted octanol–water partition coefficient (Wildman–Crippen LogP) is 1.93. The van der Waals surface area contributed by atoms with Gasteiger partial charge < -0.3 is 20.1 Å². The maximum Gasteiger partial charge on any atom is 0.261 e. The summed E-state index contributed by atoms with van der Waals surface area (Å²) in [5.74, 6) is -0.274. The zero-order valence-electron chi connectivity index (χ0n) is 16.5. The zero-order valence-corrected chi connectivity index (χ0v) is 18.1. The van der Waals surface area contributed by atoms with E-state index in [0.717, 1.165) is 26.5 Å². The molecule has 0 aliphatic carbocycles. The number of amides is 2. The lowest BCUT2D eigenvalue weighted by atomic mass is 10.0. The number of aliphatic hydroxyl groups excluding tert-OH is 1. The number of rotatable bonds is 6. The summed E-state index contributed by atoms with van der Waals surface area (Å²) in [5, 5.41) is 15.5. The van der Waals surface area contributed by atoms with Crippen LogP contribution in [0.2, 0.25) is 0 Å². The molecule has 4 heterocycles. The SMILES string of the molecule is Cc1nc(CC(=O)N2CCOC(c3c(C(=O)NCCO)sc4ncccc34)C2)cs1. The lowest BCUT2D eigenvalue weighted by molar-refractivity contribution is -0.138. The van der Waals surface area contributed by atoms with Crippen LogP contribution < -0.4 is 5.32 Å². The third kappa shape index (κ3) is 4.36. The molecule has 4 rings (SSSR count). The Hall–Kier alpha value is -2.40. The van der Waals surface area contributed by atoms with Crippen molar-refractivity contribution in [3.8, 4) is 0 Å². The average molecular weight is 447 g/mol. The van der Waals surface area contributed by atoms with Crippen molar-refractivity contribution in [3.05, 3.63) is 44.9 Å². The van der Waals surface area contributed by atoms with E-state index in [1.807, 2.05) is 24.4 Å². The first-order valence-electron chi connectivity index (χ1n) is 9.63. The van der Waals surface area contributed by atoms with E-state index in [9.17, 15) is 9.59 Å². The summed E-state index contributed by atoms with van der Waals surface area (Å²) in [7, 11) is 0. The molecule has 1 aliphatic rings. The molecule has 1 atom stereocenters. The third-order valence-corrected chi connectivity index (χ3v) is 6.80. The number of hydrogen-bond donors (Lipinski definition) is 2. The van der Waals surface area contributed by atoms with E-state index in [0.29, 0.717) is 24.6 Å². The van der Waals surface area contributed by atoms with Gasteiger partial charge in [-0.3, -0.25) is 9.59 Å². The van der Waals surface area contributed by atoms with Gasteiger partial charge in [0, 0.05) is 35.6 Å². The molecule has 158 valence electrons. The number of aryl methyl sites for hydroxylation is 1. The second-order valence-corrected chi connectivity index (χ2v) is 8.98. The maximum atomic E-state index is 12.8. The normalized spacial score (nSPS) is 16.7. The summed E-state index contributed by atoms with van der Waals surface area (Å²) in [6.45, 7) is 3.21. The Kier molecular flexibility index (Phi) is 6.38. The van der Waals surface area contributed by atoms with Crippen molar-refractivity contribution in [1.82, 2.24) is 20.2 Å². The standard InChI is InChI=1S/C20H22N4O4S2/c1-12-23-13(11-29-12)9-16(26)24-6-8-28-15(10-24)17-14-3-2-4-22-20(14)30-18(17)19(27)21-5-7-25/h2-4,11,15,25H,5-10H2,1H3,(H,21,27). The van der Waals surface area contributed by atoms with Crippen molar-refractivity contribution in [1.29, 1.82) is 0 Å². The minimum atomic E-state index is -0.423. The molecule has 0 bridgehead atoms. The van der Waals surface area contributed by atoms with Gasteiger partial charge in [0.1, 0.15) is 15.8 Å². The number of morpholine rings is 1. The Morgan fingerprint density at radius 1 is 1.43 bits per heavy atom. The van der Waals surface area contributed by atoms with Gasteiger partial charge in [0.05, 0.1) is 36.9 Å². The number of ether oxygens (including phenoxy) is 1. The van der Waals surface area contributed by atoms with Crippen LogP contribution >= 0.6 is 22.7 Å². The lowest BCUT2D eigenvalue weighted by Crippen LogP contribution is -2.43. The van der Waals surface area contributed by atoms with Crippen LogP contribution in [0.15, 0.2) is 23.7 Å². The number of thiazole rings is 1. The molecular weight excluding hydrogens is 424 g/mol. The molecular formula is C20H22N4O4S2. The van der Waals surface area contributed by atoms with Crippen molar-refractivity contribution in [2.75, 3.05) is 32.8 Å². The van der Waals surface area contributed by atoms with Crippen LogP contribution in [0.4, 0.5) is 0 Å². The second kappa shape index (κ2) is 9.17. The number of fused-ring (bicyclic) bond motifs is 1. The molecule has 1 aliphatic heterocycles. The molecule has 0 saturated carbocycles. The Bertz CT molecular complexity index is 1060. The highest BCUT2D eigenvalue weighted by molar-refractivity contribution is 7.20. The lowest BCUT2D eigenvalue weighted by Gasteiger charge is -2.33. The fourth-order valence-corrected chi connectivity index (χ4v) is 5.22. The number of carbonyl (C=O) groups excluding carboxylic acids is 2. The number of hydrogen-bond acceptors (Lipinski definition) is 8. The van der Waals surface area contributed by atoms with Gasteiger partial charge >= 0.3 is 0 Å². The summed E-state index contributed by atoms with van der Waals surface area (Å²) < 4.78 is 6.00. The van der Waals surface area contributed by atoms with Crippen LogP contribution in [-0.2, 0) is 16.0 Å². The van der Waals surface area contributed by atoms with Crippen LogP contribution in [0.3, 0.4) is 0 Å². The largest absolute Gasteiger partial charge is 0.395 e. The van der Waals surface area contributed by atoms with E-state index < -0.39 is 6.10 Å². The van der Waals surface area contributed by atoms with Gasteiger partial charge in [-0.2, -0.15) is 0 Å². The zero-order chi connectivity index (χ0) is 21.1. The number of nitrogens with zero attached hydrogens (tertiary/aromatic N) is 3. The molecule has 1 saturated heterocycles. The number of thiophene rings is 1. The van der Waals surface area contributed by atoms with Crippen molar-refractivity contribution in [2.45, 2.75) is 19.4 Å². The van der Waals surface area contributed by atoms with Gasteiger partial charge in [-0.05, 0) is 13.0 Å². The highest BCUT2D eigenvalue weighted by atomic mass is 32.1. The Labute approximate surface area is 181 Å². The van der Waals surface area contributed by atoms with E-state index in [2.05, 4.69) is 15.3 Å². The topological polar surface area (TPSA) is 105 Å². The van der Waals surface area contributed by atoms with Crippen LogP contribution in [0.1, 0.15) is 32.0 Å². The van der Waals surface area contributed by atoms with Crippen molar-refractivity contribution < 1.29 is 19.4 Å². The molecule has 10 heteroatoms. The molecule has 2 N–H and O–H groups in total. The Morgan fingerprint density at radius 2 is 2.30 bits per heavy atom. The molecule has 3 aromatic rings. The fraction of sp³-hybridized carbons (Fsp3) is 0.400. The van der Waals surface area contributed by atoms with Gasteiger partial charge in [0.15, 0.2) is 0 Å². The molecule has 1 fully saturated rings. The van der Waals surface area contributed by atoms with Crippen molar-refractivity contribution >= 4 is 44.7 Å². The van der Waals surface area contributed by atoms with Crippen molar-refractivity contribution in [2.24, 2.45) is 0 Å². The third-order valence-electron chi connectivity index (χ3n) is 4.85. The van der Waals surface area contributed by atoms with E-state index in [1.54, 1.807) is 11.1 Å². The summed E-state index contributed by atoms with van der Waals surface area (Å²) in [5.41, 5.74) is 1.53.